The van der Waals surface area contributed by atoms with Crippen molar-refractivity contribution in [3.05, 3.63) is 11.6 Å². The molecule has 0 bridgehead atoms. The van der Waals surface area contributed by atoms with Crippen molar-refractivity contribution >= 4 is 0 Å². The van der Waals surface area contributed by atoms with Gasteiger partial charge in [0.1, 0.15) is 11.6 Å². The summed E-state index contributed by atoms with van der Waals surface area (Å²) in [5.41, 5.74) is 0. The number of hydrogen-bond acceptors (Lipinski definition) is 3. The molecule has 4 nitrogen and oxygen atoms in total. The average molecular weight is 223 g/mol. The van der Waals surface area contributed by atoms with Gasteiger partial charge in [0.2, 0.25) is 0 Å². The molecule has 0 spiro atoms. The molecule has 1 aliphatic rings. The predicted molar refractivity (Wildman–Crippen MR) is 62.2 cm³/mol. The molecule has 0 saturated heterocycles. The van der Waals surface area contributed by atoms with Crippen LogP contribution in [0.1, 0.15) is 50.3 Å². The standard InChI is InChI=1S/C12H21N3O/c1-4-10-5-6-11(16)7-12(10)15-9(3)13-8(2)14-15/h10-12,16H,4-7H2,1-3H3. The first-order chi connectivity index (χ1) is 7.61. The average Bonchev–Trinajstić information content (AvgIpc) is 2.57. The van der Waals surface area contributed by atoms with Crippen molar-refractivity contribution in [2.45, 2.75) is 58.6 Å². The summed E-state index contributed by atoms with van der Waals surface area (Å²) in [6, 6.07) is 0.329. The summed E-state index contributed by atoms with van der Waals surface area (Å²) in [5, 5.41) is 14.3. The summed E-state index contributed by atoms with van der Waals surface area (Å²) >= 11 is 0. The van der Waals surface area contributed by atoms with Crippen molar-refractivity contribution in [1.82, 2.24) is 14.8 Å². The smallest absolute Gasteiger partial charge is 0.147 e. The minimum Gasteiger partial charge on any atom is -0.393 e. The maximum Gasteiger partial charge on any atom is 0.147 e. The Hall–Kier alpha value is -0.900. The minimum atomic E-state index is -0.170. The van der Waals surface area contributed by atoms with Crippen LogP contribution in [0.2, 0.25) is 0 Å². The fourth-order valence-corrected chi connectivity index (χ4v) is 2.81. The molecule has 3 unspecified atom stereocenters. The fourth-order valence-electron chi connectivity index (χ4n) is 2.81. The Morgan fingerprint density at radius 3 is 2.69 bits per heavy atom. The summed E-state index contributed by atoms with van der Waals surface area (Å²) in [6.45, 7) is 6.13. The second-order valence-corrected chi connectivity index (χ2v) is 4.85. The number of nitrogens with zero attached hydrogens (tertiary/aromatic N) is 3. The number of hydrogen-bond donors (Lipinski definition) is 1. The van der Waals surface area contributed by atoms with Crippen molar-refractivity contribution in [3.63, 3.8) is 0 Å². The maximum atomic E-state index is 9.79. The van der Waals surface area contributed by atoms with Crippen LogP contribution < -0.4 is 0 Å². The topological polar surface area (TPSA) is 50.9 Å². The van der Waals surface area contributed by atoms with Gasteiger partial charge in [-0.05, 0) is 39.0 Å². The van der Waals surface area contributed by atoms with Crippen molar-refractivity contribution in [2.75, 3.05) is 0 Å². The van der Waals surface area contributed by atoms with Crippen molar-refractivity contribution in [3.8, 4) is 0 Å². The van der Waals surface area contributed by atoms with Crippen molar-refractivity contribution in [1.29, 1.82) is 0 Å². The van der Waals surface area contributed by atoms with E-state index in [2.05, 4.69) is 17.0 Å². The summed E-state index contributed by atoms with van der Waals surface area (Å²) in [6.07, 6.45) is 3.83. The Labute approximate surface area is 96.7 Å². The summed E-state index contributed by atoms with van der Waals surface area (Å²) < 4.78 is 2.02. The van der Waals surface area contributed by atoms with Gasteiger partial charge in [-0.3, -0.25) is 0 Å². The molecule has 0 aromatic carbocycles. The van der Waals surface area contributed by atoms with Crippen LogP contribution in [-0.2, 0) is 0 Å². The summed E-state index contributed by atoms with van der Waals surface area (Å²) in [4.78, 5) is 4.35. The molecule has 0 radical (unpaired) electrons. The van der Waals surface area contributed by atoms with Crippen LogP contribution in [0.25, 0.3) is 0 Å². The van der Waals surface area contributed by atoms with E-state index in [1.807, 2.05) is 18.5 Å². The number of aromatic nitrogens is 3. The third-order valence-corrected chi connectivity index (χ3v) is 3.67. The number of rotatable bonds is 2. The number of aliphatic hydroxyl groups is 1. The molecular weight excluding hydrogens is 202 g/mol. The Morgan fingerprint density at radius 2 is 2.12 bits per heavy atom. The minimum absolute atomic E-state index is 0.170. The van der Waals surface area contributed by atoms with Crippen molar-refractivity contribution in [2.24, 2.45) is 5.92 Å². The lowest BCUT2D eigenvalue weighted by Gasteiger charge is -2.34. The van der Waals surface area contributed by atoms with Crippen LogP contribution in [0.3, 0.4) is 0 Å². The summed E-state index contributed by atoms with van der Waals surface area (Å²) in [7, 11) is 0. The lowest BCUT2D eigenvalue weighted by molar-refractivity contribution is 0.0657. The van der Waals surface area contributed by atoms with E-state index in [0.717, 1.165) is 37.3 Å². The third-order valence-electron chi connectivity index (χ3n) is 3.67. The van der Waals surface area contributed by atoms with Crippen LogP contribution in [-0.4, -0.2) is 26.0 Å². The van der Waals surface area contributed by atoms with E-state index in [4.69, 9.17) is 0 Å². The number of aryl methyl sites for hydroxylation is 2. The van der Waals surface area contributed by atoms with Crippen LogP contribution in [0.15, 0.2) is 0 Å². The lowest BCUT2D eigenvalue weighted by atomic mass is 9.81. The van der Waals surface area contributed by atoms with Crippen LogP contribution in [0.5, 0.6) is 0 Å². The molecule has 90 valence electrons. The Morgan fingerprint density at radius 1 is 1.38 bits per heavy atom. The molecular formula is C12H21N3O. The molecule has 0 amide bonds. The zero-order valence-corrected chi connectivity index (χ0v) is 10.3. The van der Waals surface area contributed by atoms with E-state index in [0.29, 0.717) is 12.0 Å². The van der Waals surface area contributed by atoms with Gasteiger partial charge >= 0.3 is 0 Å². The molecule has 1 fully saturated rings. The van der Waals surface area contributed by atoms with Gasteiger partial charge in [0.15, 0.2) is 0 Å². The van der Waals surface area contributed by atoms with E-state index >= 15 is 0 Å². The third kappa shape index (κ3) is 2.12. The quantitative estimate of drug-likeness (QED) is 0.834. The van der Waals surface area contributed by atoms with Gasteiger partial charge in [-0.25, -0.2) is 9.67 Å². The van der Waals surface area contributed by atoms with E-state index in [-0.39, 0.29) is 6.10 Å². The van der Waals surface area contributed by atoms with Crippen LogP contribution in [0.4, 0.5) is 0 Å². The van der Waals surface area contributed by atoms with E-state index in [1.165, 1.54) is 0 Å². The summed E-state index contributed by atoms with van der Waals surface area (Å²) in [5.74, 6) is 2.42. The highest BCUT2D eigenvalue weighted by Gasteiger charge is 2.31. The maximum absolute atomic E-state index is 9.79. The van der Waals surface area contributed by atoms with Gasteiger partial charge in [-0.15, -0.1) is 0 Å². The molecule has 1 aromatic rings. The number of aliphatic hydroxyl groups excluding tert-OH is 1. The second kappa shape index (κ2) is 4.53. The molecule has 4 heteroatoms. The normalized spacial score (nSPS) is 30.6. The van der Waals surface area contributed by atoms with Crippen LogP contribution >= 0.6 is 0 Å². The molecule has 0 aliphatic heterocycles. The van der Waals surface area contributed by atoms with Gasteiger partial charge in [0.25, 0.3) is 0 Å². The monoisotopic (exact) mass is 223 g/mol. The van der Waals surface area contributed by atoms with E-state index < -0.39 is 0 Å². The fraction of sp³-hybridized carbons (Fsp3) is 0.833. The Balaban J connectivity index is 2.25. The van der Waals surface area contributed by atoms with Gasteiger partial charge in [-0.1, -0.05) is 13.3 Å². The van der Waals surface area contributed by atoms with E-state index in [1.54, 1.807) is 0 Å². The highest BCUT2D eigenvalue weighted by Crippen LogP contribution is 2.36. The highest BCUT2D eigenvalue weighted by molar-refractivity contribution is 4.94. The predicted octanol–water partition coefficient (Wildman–Crippen LogP) is 2.01. The van der Waals surface area contributed by atoms with Crippen LogP contribution in [0, 0.1) is 19.8 Å². The Kier molecular flexibility index (Phi) is 3.28. The molecule has 1 N–H and O–H groups in total. The van der Waals surface area contributed by atoms with Crippen molar-refractivity contribution < 1.29 is 5.11 Å². The van der Waals surface area contributed by atoms with Gasteiger partial charge in [-0.2, -0.15) is 5.10 Å². The molecule has 3 atom stereocenters. The molecule has 16 heavy (non-hydrogen) atoms. The lowest BCUT2D eigenvalue weighted by Crippen LogP contribution is -2.31. The van der Waals surface area contributed by atoms with Gasteiger partial charge in [0.05, 0.1) is 12.1 Å². The van der Waals surface area contributed by atoms with Gasteiger partial charge in [0, 0.05) is 0 Å². The first-order valence-electron chi connectivity index (χ1n) is 6.19. The largest absolute Gasteiger partial charge is 0.393 e. The molecule has 1 aromatic heterocycles. The van der Waals surface area contributed by atoms with Gasteiger partial charge < -0.3 is 5.11 Å². The molecule has 1 heterocycles. The zero-order chi connectivity index (χ0) is 11.7. The molecule has 1 aliphatic carbocycles. The first-order valence-corrected chi connectivity index (χ1v) is 6.19. The second-order valence-electron chi connectivity index (χ2n) is 4.85. The molecule has 2 rings (SSSR count). The highest BCUT2D eigenvalue weighted by atomic mass is 16.3. The first kappa shape index (κ1) is 11.6. The zero-order valence-electron chi connectivity index (χ0n) is 10.3. The molecule has 1 saturated carbocycles. The Bertz CT molecular complexity index is 361. The SMILES string of the molecule is CCC1CCC(O)CC1n1nc(C)nc1C. The van der Waals surface area contributed by atoms with E-state index in [9.17, 15) is 5.11 Å².